The second-order valence-electron chi connectivity index (χ2n) is 7.24. The Morgan fingerprint density at radius 3 is 2.59 bits per heavy atom. The molecule has 0 radical (unpaired) electrons. The van der Waals surface area contributed by atoms with Crippen molar-refractivity contribution in [1.29, 1.82) is 0 Å². The van der Waals surface area contributed by atoms with Gasteiger partial charge in [0.05, 0.1) is 29.5 Å². The largest absolute Gasteiger partial charge is 0.318 e. The van der Waals surface area contributed by atoms with E-state index >= 15 is 0 Å². The summed E-state index contributed by atoms with van der Waals surface area (Å²) >= 11 is 0. The molecule has 0 spiro atoms. The van der Waals surface area contributed by atoms with Gasteiger partial charge in [0, 0.05) is 30.7 Å². The van der Waals surface area contributed by atoms with Crippen LogP contribution in [0.2, 0.25) is 0 Å². The number of carbonyl (C=O) groups excluding carboxylic acids is 1. The molecule has 32 heavy (non-hydrogen) atoms. The second-order valence-corrected chi connectivity index (χ2v) is 7.24. The van der Waals surface area contributed by atoms with E-state index in [2.05, 4.69) is 25.7 Å². The molecule has 0 atom stereocenters. The molecule has 1 amide bonds. The molecule has 0 unspecified atom stereocenters. The van der Waals surface area contributed by atoms with Crippen molar-refractivity contribution >= 4 is 17.3 Å². The minimum atomic E-state index is -0.452. The number of rotatable bonds is 8. The van der Waals surface area contributed by atoms with Gasteiger partial charge in [-0.2, -0.15) is 20.4 Å². The second kappa shape index (κ2) is 8.45. The molecule has 4 heterocycles. The van der Waals surface area contributed by atoms with Crippen LogP contribution in [0.4, 0.5) is 11.4 Å². The first-order chi connectivity index (χ1) is 15.3. The zero-order chi connectivity index (χ0) is 22.8. The first kappa shape index (κ1) is 21.0. The third-order valence-electron chi connectivity index (χ3n) is 4.92. The van der Waals surface area contributed by atoms with E-state index in [1.165, 1.54) is 9.36 Å². The van der Waals surface area contributed by atoms with Crippen molar-refractivity contribution in [2.75, 3.05) is 5.32 Å². The molecular formula is C19H22N10O3. The lowest BCUT2D eigenvalue weighted by atomic mass is 10.3. The van der Waals surface area contributed by atoms with Crippen molar-refractivity contribution in [3.05, 3.63) is 69.8 Å². The fraction of sp³-hybridized carbons (Fsp3) is 0.316. The van der Waals surface area contributed by atoms with E-state index in [-0.39, 0.29) is 24.0 Å². The zero-order valence-electron chi connectivity index (χ0n) is 17.8. The van der Waals surface area contributed by atoms with Crippen LogP contribution in [0.5, 0.6) is 0 Å². The van der Waals surface area contributed by atoms with Crippen LogP contribution in [0, 0.1) is 24.0 Å². The van der Waals surface area contributed by atoms with Gasteiger partial charge in [-0.25, -0.2) is 4.68 Å². The SMILES string of the molecule is CCn1cc(Cn2cc(NC(=O)c3ccn(Cn4nc(C)c([N+](=O)[O-])c4C)n3)cn2)cn1. The summed E-state index contributed by atoms with van der Waals surface area (Å²) in [6, 6.07) is 1.57. The van der Waals surface area contributed by atoms with E-state index in [1.54, 1.807) is 49.4 Å². The van der Waals surface area contributed by atoms with Crippen molar-refractivity contribution in [2.24, 2.45) is 0 Å². The maximum Gasteiger partial charge on any atom is 0.312 e. The molecule has 4 aromatic heterocycles. The Labute approximate surface area is 182 Å². The van der Waals surface area contributed by atoms with Gasteiger partial charge in [-0.1, -0.05) is 0 Å². The van der Waals surface area contributed by atoms with E-state index in [1.807, 2.05) is 17.8 Å². The predicted octanol–water partition coefficient (Wildman–Crippen LogP) is 1.82. The van der Waals surface area contributed by atoms with Crippen LogP contribution < -0.4 is 5.32 Å². The molecule has 4 rings (SSSR count). The highest BCUT2D eigenvalue weighted by Gasteiger charge is 2.22. The van der Waals surface area contributed by atoms with Crippen LogP contribution in [0.15, 0.2) is 37.1 Å². The van der Waals surface area contributed by atoms with E-state index < -0.39 is 4.92 Å². The first-order valence-corrected chi connectivity index (χ1v) is 9.91. The number of hydrogen-bond donors (Lipinski definition) is 1. The lowest BCUT2D eigenvalue weighted by molar-refractivity contribution is -0.386. The van der Waals surface area contributed by atoms with Gasteiger partial charge >= 0.3 is 5.69 Å². The van der Waals surface area contributed by atoms with Crippen LogP contribution >= 0.6 is 0 Å². The fourth-order valence-corrected chi connectivity index (χ4v) is 3.35. The Balaban J connectivity index is 1.40. The maximum absolute atomic E-state index is 12.6. The molecule has 166 valence electrons. The number of aromatic nitrogens is 8. The van der Waals surface area contributed by atoms with Gasteiger partial charge in [0.15, 0.2) is 5.69 Å². The quantitative estimate of drug-likeness (QED) is 0.326. The summed E-state index contributed by atoms with van der Waals surface area (Å²) in [5, 5.41) is 30.9. The summed E-state index contributed by atoms with van der Waals surface area (Å²) in [6.07, 6.45) is 8.64. The molecule has 0 aliphatic rings. The van der Waals surface area contributed by atoms with Gasteiger partial charge in [0.2, 0.25) is 0 Å². The minimum Gasteiger partial charge on any atom is -0.318 e. The Morgan fingerprint density at radius 1 is 1.12 bits per heavy atom. The lowest BCUT2D eigenvalue weighted by Gasteiger charge is -2.04. The van der Waals surface area contributed by atoms with Crippen molar-refractivity contribution < 1.29 is 9.72 Å². The number of anilines is 1. The third-order valence-corrected chi connectivity index (χ3v) is 4.92. The first-order valence-electron chi connectivity index (χ1n) is 9.91. The van der Waals surface area contributed by atoms with Gasteiger partial charge in [0.1, 0.15) is 18.1 Å². The van der Waals surface area contributed by atoms with Gasteiger partial charge < -0.3 is 5.32 Å². The minimum absolute atomic E-state index is 0.0193. The zero-order valence-corrected chi connectivity index (χ0v) is 17.8. The number of nitrogens with zero attached hydrogens (tertiary/aromatic N) is 9. The highest BCUT2D eigenvalue weighted by atomic mass is 16.6. The lowest BCUT2D eigenvalue weighted by Crippen LogP contribution is -2.15. The molecular weight excluding hydrogens is 416 g/mol. The summed E-state index contributed by atoms with van der Waals surface area (Å²) in [5.74, 6) is -0.388. The van der Waals surface area contributed by atoms with Crippen LogP contribution in [-0.4, -0.2) is 50.0 Å². The number of carbonyl (C=O) groups is 1. The summed E-state index contributed by atoms with van der Waals surface area (Å²) in [5.41, 5.74) is 2.49. The standard InChI is InChI=1S/C19H22N10O3/c1-4-25-9-15(7-20-25)10-27-11-16(8-21-27)22-19(30)17-5-6-26(24-17)12-28-14(3)18(29(31)32)13(2)23-28/h5-9,11H,4,10,12H2,1-3H3,(H,22,30). The molecule has 0 aliphatic heterocycles. The van der Waals surface area contributed by atoms with Crippen LogP contribution in [0.1, 0.15) is 34.4 Å². The van der Waals surface area contributed by atoms with Gasteiger partial charge in [-0.05, 0) is 26.8 Å². The smallest absolute Gasteiger partial charge is 0.312 e. The number of aryl methyl sites for hydroxylation is 2. The van der Waals surface area contributed by atoms with Crippen molar-refractivity contribution in [1.82, 2.24) is 39.1 Å². The molecule has 0 fully saturated rings. The monoisotopic (exact) mass is 438 g/mol. The summed E-state index contributed by atoms with van der Waals surface area (Å²) in [7, 11) is 0. The maximum atomic E-state index is 12.6. The molecule has 1 N–H and O–H groups in total. The highest BCUT2D eigenvalue weighted by Crippen LogP contribution is 2.21. The predicted molar refractivity (Wildman–Crippen MR) is 113 cm³/mol. The van der Waals surface area contributed by atoms with E-state index in [4.69, 9.17) is 0 Å². The molecule has 0 aromatic carbocycles. The molecule has 13 heteroatoms. The fourth-order valence-electron chi connectivity index (χ4n) is 3.35. The number of hydrogen-bond acceptors (Lipinski definition) is 7. The summed E-state index contributed by atoms with van der Waals surface area (Å²) in [4.78, 5) is 23.3. The van der Waals surface area contributed by atoms with Gasteiger partial charge in [0.25, 0.3) is 5.91 Å². The van der Waals surface area contributed by atoms with Crippen molar-refractivity contribution in [3.8, 4) is 0 Å². The molecule has 0 aliphatic carbocycles. The van der Waals surface area contributed by atoms with E-state index in [0.29, 0.717) is 23.6 Å². The normalized spacial score (nSPS) is 11.1. The van der Waals surface area contributed by atoms with Crippen LogP contribution in [-0.2, 0) is 19.8 Å². The van der Waals surface area contributed by atoms with Crippen LogP contribution in [0.25, 0.3) is 0 Å². The van der Waals surface area contributed by atoms with Crippen LogP contribution in [0.3, 0.4) is 0 Å². The molecule has 0 bridgehead atoms. The highest BCUT2D eigenvalue weighted by molar-refractivity contribution is 6.02. The number of nitro groups is 1. The Morgan fingerprint density at radius 2 is 1.91 bits per heavy atom. The Kier molecular flexibility index (Phi) is 5.54. The Hall–Kier alpha value is -4.29. The Bertz CT molecular complexity index is 1280. The topological polar surface area (TPSA) is 144 Å². The average molecular weight is 438 g/mol. The van der Waals surface area contributed by atoms with E-state index in [9.17, 15) is 14.9 Å². The summed E-state index contributed by atoms with van der Waals surface area (Å²) in [6.45, 7) is 6.71. The van der Waals surface area contributed by atoms with Gasteiger partial charge in [-0.15, -0.1) is 0 Å². The third kappa shape index (κ3) is 4.26. The molecule has 13 nitrogen and oxygen atoms in total. The average Bonchev–Trinajstić information content (AvgIpc) is 3.52. The molecule has 0 saturated carbocycles. The molecule has 0 saturated heterocycles. The number of amides is 1. The van der Waals surface area contributed by atoms with Gasteiger partial charge in [-0.3, -0.25) is 29.0 Å². The summed E-state index contributed by atoms with van der Waals surface area (Å²) < 4.78 is 6.52. The van der Waals surface area contributed by atoms with E-state index in [0.717, 1.165) is 12.1 Å². The van der Waals surface area contributed by atoms with Crippen molar-refractivity contribution in [2.45, 2.75) is 40.5 Å². The van der Waals surface area contributed by atoms with Crippen molar-refractivity contribution in [3.63, 3.8) is 0 Å². The number of nitrogens with one attached hydrogen (secondary N) is 1. The molecule has 4 aromatic rings.